The predicted octanol–water partition coefficient (Wildman–Crippen LogP) is 4.20. The third-order valence-electron chi connectivity index (χ3n) is 11.7. The summed E-state index contributed by atoms with van der Waals surface area (Å²) in [7, 11) is -3.14. The van der Waals surface area contributed by atoms with Gasteiger partial charge in [0.1, 0.15) is 5.82 Å². The van der Waals surface area contributed by atoms with Crippen LogP contribution in [0.3, 0.4) is 0 Å². The molecule has 6 fully saturated rings. The number of piperazine rings is 1. The Balaban J connectivity index is 0.878. The first-order chi connectivity index (χ1) is 22.8. The molecule has 2 atom stereocenters. The van der Waals surface area contributed by atoms with E-state index in [0.717, 1.165) is 73.7 Å². The van der Waals surface area contributed by atoms with Crippen LogP contribution >= 0.6 is 0 Å². The number of rotatable bonds is 6. The van der Waals surface area contributed by atoms with Gasteiger partial charge in [-0.3, -0.25) is 4.90 Å². The number of aromatic nitrogens is 3. The van der Waals surface area contributed by atoms with E-state index in [4.69, 9.17) is 9.51 Å². The van der Waals surface area contributed by atoms with E-state index in [9.17, 15) is 13.2 Å². The van der Waals surface area contributed by atoms with Gasteiger partial charge in [0, 0.05) is 45.3 Å². The number of aryl methyl sites for hydroxylation is 1. The van der Waals surface area contributed by atoms with Crippen molar-refractivity contribution in [2.75, 3.05) is 54.0 Å². The quantitative estimate of drug-likeness (QED) is 0.415. The highest BCUT2D eigenvalue weighted by atomic mass is 32.2. The second-order valence-corrected chi connectivity index (χ2v) is 16.9. The summed E-state index contributed by atoms with van der Waals surface area (Å²) in [6, 6.07) is 12.3. The van der Waals surface area contributed by atoms with Crippen molar-refractivity contribution in [2.45, 2.75) is 68.6 Å². The van der Waals surface area contributed by atoms with Crippen molar-refractivity contribution in [3.63, 3.8) is 0 Å². The van der Waals surface area contributed by atoms with Crippen molar-refractivity contribution in [2.24, 2.45) is 17.8 Å². The lowest BCUT2D eigenvalue weighted by molar-refractivity contribution is -0.0432. The van der Waals surface area contributed by atoms with E-state index in [0.29, 0.717) is 62.8 Å². The van der Waals surface area contributed by atoms with Crippen LogP contribution in [-0.4, -0.2) is 84.4 Å². The van der Waals surface area contributed by atoms with Gasteiger partial charge >= 0.3 is 6.03 Å². The molecule has 1 aromatic carbocycles. The van der Waals surface area contributed by atoms with Gasteiger partial charge in [0.15, 0.2) is 5.82 Å². The number of benzene rings is 1. The molecule has 2 unspecified atom stereocenters. The van der Waals surface area contributed by atoms with Gasteiger partial charge in [-0.1, -0.05) is 17.3 Å². The van der Waals surface area contributed by atoms with Crippen molar-refractivity contribution in [1.29, 1.82) is 0 Å². The highest BCUT2D eigenvalue weighted by molar-refractivity contribution is 7.90. The molecule has 7 aliphatic rings. The third kappa shape index (κ3) is 4.99. The molecule has 2 aromatic heterocycles. The van der Waals surface area contributed by atoms with E-state index in [2.05, 4.69) is 37.4 Å². The summed E-state index contributed by atoms with van der Waals surface area (Å²) < 4.78 is 32.7. The van der Waals surface area contributed by atoms with Crippen molar-refractivity contribution in [3.05, 3.63) is 54.3 Å². The molecule has 13 heteroatoms. The maximum absolute atomic E-state index is 14.0. The van der Waals surface area contributed by atoms with Crippen LogP contribution in [0.1, 0.15) is 56.7 Å². The zero-order valence-electron chi connectivity index (χ0n) is 26.8. The molecule has 1 N–H and O–H groups in total. The van der Waals surface area contributed by atoms with Gasteiger partial charge in [0.25, 0.3) is 0 Å². The number of amides is 2. The van der Waals surface area contributed by atoms with Crippen LogP contribution in [0.2, 0.25) is 0 Å². The Bertz CT molecular complexity index is 1770. The van der Waals surface area contributed by atoms with Crippen molar-refractivity contribution < 1.29 is 17.7 Å². The minimum absolute atomic E-state index is 0.0246. The predicted molar refractivity (Wildman–Crippen MR) is 177 cm³/mol. The van der Waals surface area contributed by atoms with Crippen molar-refractivity contribution in [3.8, 4) is 0 Å². The van der Waals surface area contributed by atoms with Crippen molar-refractivity contribution >= 4 is 38.9 Å². The van der Waals surface area contributed by atoms with Gasteiger partial charge in [-0.25, -0.2) is 18.2 Å². The SMILES string of the molecule is Cc1noc(C23CC4CC(C2)C(NC(=O)N2CCN(c5ccc(N6CCN(S(=O)(=O)C7CC7)CC6)cn5)c5ccccc52)C(C4)C3)n1. The number of carbonyl (C=O) groups excluding carboxylic acids is 1. The summed E-state index contributed by atoms with van der Waals surface area (Å²) in [5, 5.41) is 7.44. The molecule has 12 nitrogen and oxygen atoms in total. The Morgan fingerprint density at radius 3 is 2.34 bits per heavy atom. The molecule has 47 heavy (non-hydrogen) atoms. The highest BCUT2D eigenvalue weighted by Crippen LogP contribution is 2.60. The Hall–Kier alpha value is -3.71. The summed E-state index contributed by atoms with van der Waals surface area (Å²) in [5.41, 5.74) is 2.81. The van der Waals surface area contributed by atoms with Gasteiger partial charge in [0.2, 0.25) is 15.9 Å². The Labute approximate surface area is 275 Å². The number of anilines is 4. The lowest BCUT2D eigenvalue weighted by atomic mass is 9.48. The number of pyridine rings is 1. The monoisotopic (exact) mass is 658 g/mol. The average Bonchev–Trinajstić information content (AvgIpc) is 3.86. The second-order valence-electron chi connectivity index (χ2n) is 14.7. The number of para-hydroxylation sites is 2. The number of hydrogen-bond acceptors (Lipinski definition) is 9. The molecule has 10 rings (SSSR count). The van der Waals surface area contributed by atoms with E-state index >= 15 is 0 Å². The number of nitrogens with one attached hydrogen (secondary N) is 1. The second kappa shape index (κ2) is 10.9. The van der Waals surface area contributed by atoms with E-state index < -0.39 is 10.0 Å². The fourth-order valence-electron chi connectivity index (χ4n) is 9.57. The topological polar surface area (TPSA) is 128 Å². The molecule has 4 bridgehead atoms. The maximum atomic E-state index is 14.0. The summed E-state index contributed by atoms with van der Waals surface area (Å²) in [5.74, 6) is 3.82. The fraction of sp³-hybridized carbons (Fsp3) is 0.588. The molecule has 1 saturated heterocycles. The average molecular weight is 659 g/mol. The largest absolute Gasteiger partial charge is 0.368 e. The standard InChI is InChI=1S/C34H42N8O4S/c1-22-36-32(46-38-22)34-18-23-16-24(19-34)31(25(17-23)20-34)37-33(43)42-15-14-41(28-4-2-3-5-29(28)42)30-9-6-26(21-35-30)39-10-12-40(13-11-39)47(44,45)27-7-8-27/h2-6,9,21,23-25,27,31H,7-8,10-20H2,1H3,(H,37,43). The lowest BCUT2D eigenvalue weighted by Crippen LogP contribution is -2.62. The van der Waals surface area contributed by atoms with Crippen LogP contribution in [0.4, 0.5) is 27.7 Å². The van der Waals surface area contributed by atoms with Crippen LogP contribution in [0.15, 0.2) is 47.1 Å². The van der Waals surface area contributed by atoms with Crippen LogP contribution in [-0.2, 0) is 15.4 Å². The minimum Gasteiger partial charge on any atom is -0.368 e. The number of fused-ring (bicyclic) bond motifs is 1. The van der Waals surface area contributed by atoms with E-state index in [1.807, 2.05) is 42.3 Å². The van der Waals surface area contributed by atoms with Gasteiger partial charge in [-0.15, -0.1) is 0 Å². The van der Waals surface area contributed by atoms with Crippen LogP contribution in [0.25, 0.3) is 0 Å². The molecule has 3 aromatic rings. The van der Waals surface area contributed by atoms with E-state index in [1.165, 1.54) is 0 Å². The smallest absolute Gasteiger partial charge is 0.322 e. The van der Waals surface area contributed by atoms with Crippen LogP contribution in [0, 0.1) is 24.7 Å². The van der Waals surface area contributed by atoms with Gasteiger partial charge < -0.3 is 19.6 Å². The van der Waals surface area contributed by atoms with Gasteiger partial charge in [-0.05, 0) is 93.9 Å². The lowest BCUT2D eigenvalue weighted by Gasteiger charge is -2.58. The van der Waals surface area contributed by atoms with Crippen LogP contribution in [0.5, 0.6) is 0 Å². The van der Waals surface area contributed by atoms with Crippen molar-refractivity contribution in [1.82, 2.24) is 24.7 Å². The Morgan fingerprint density at radius 1 is 0.936 bits per heavy atom. The Kier molecular flexibility index (Phi) is 6.83. The third-order valence-corrected chi connectivity index (χ3v) is 14.1. The Morgan fingerprint density at radius 2 is 1.68 bits per heavy atom. The van der Waals surface area contributed by atoms with Crippen LogP contribution < -0.4 is 20.0 Å². The minimum atomic E-state index is -3.14. The fourth-order valence-corrected chi connectivity index (χ4v) is 11.4. The zero-order valence-corrected chi connectivity index (χ0v) is 27.6. The molecule has 248 valence electrons. The molecule has 2 amide bonds. The number of carbonyl (C=O) groups is 1. The molecular weight excluding hydrogens is 616 g/mol. The number of nitrogens with zero attached hydrogens (tertiary/aromatic N) is 7. The summed E-state index contributed by atoms with van der Waals surface area (Å²) >= 11 is 0. The number of urea groups is 1. The molecule has 5 saturated carbocycles. The number of sulfonamides is 1. The molecular formula is C34H42N8O4S. The van der Waals surface area contributed by atoms with E-state index in [1.54, 1.807) is 4.31 Å². The van der Waals surface area contributed by atoms with Gasteiger partial charge in [0.05, 0.1) is 33.9 Å². The van der Waals surface area contributed by atoms with Gasteiger partial charge in [-0.2, -0.15) is 9.29 Å². The normalized spacial score (nSPS) is 30.4. The maximum Gasteiger partial charge on any atom is 0.322 e. The first-order valence-electron chi connectivity index (χ1n) is 17.2. The molecule has 0 spiro atoms. The molecule has 2 aliphatic heterocycles. The molecule has 5 aliphatic carbocycles. The number of hydrogen-bond donors (Lipinski definition) is 1. The summed E-state index contributed by atoms with van der Waals surface area (Å²) in [6.45, 7) is 5.41. The van der Waals surface area contributed by atoms with E-state index in [-0.39, 0.29) is 22.7 Å². The highest BCUT2D eigenvalue weighted by Gasteiger charge is 2.58. The zero-order chi connectivity index (χ0) is 31.9. The summed E-state index contributed by atoms with van der Waals surface area (Å²) in [6.07, 6.45) is 8.88. The first kappa shape index (κ1) is 29.4. The molecule has 4 heterocycles. The summed E-state index contributed by atoms with van der Waals surface area (Å²) in [4.78, 5) is 29.8. The first-order valence-corrected chi connectivity index (χ1v) is 18.7. The molecule has 0 radical (unpaired) electrons.